The van der Waals surface area contributed by atoms with Crippen LogP contribution in [0, 0.1) is 0 Å². The fourth-order valence-corrected chi connectivity index (χ4v) is 3.61. The number of aromatic nitrogens is 1. The largest absolute Gasteiger partial charge is 0.381 e. The molecule has 1 aliphatic rings. The summed E-state index contributed by atoms with van der Waals surface area (Å²) in [5, 5.41) is 6.89. The third kappa shape index (κ3) is 3.53. The first-order valence-corrected chi connectivity index (χ1v) is 8.71. The van der Waals surface area contributed by atoms with Crippen LogP contribution in [0.4, 0.5) is 5.69 Å². The molecule has 0 spiro atoms. The molecule has 1 atom stereocenters. The van der Waals surface area contributed by atoms with Crippen molar-refractivity contribution in [2.45, 2.75) is 19.0 Å². The summed E-state index contributed by atoms with van der Waals surface area (Å²) < 4.78 is 0. The van der Waals surface area contributed by atoms with Crippen LogP contribution in [0.2, 0.25) is 5.02 Å². The van der Waals surface area contributed by atoms with Crippen LogP contribution in [0.5, 0.6) is 0 Å². The lowest BCUT2D eigenvalue weighted by atomic mass is 10.1. The van der Waals surface area contributed by atoms with Gasteiger partial charge in [0.1, 0.15) is 0 Å². The number of nitrogens with one attached hydrogen (secondary N) is 1. The minimum Gasteiger partial charge on any atom is -0.381 e. The molecule has 0 amide bonds. The van der Waals surface area contributed by atoms with E-state index in [9.17, 15) is 0 Å². The number of nitrogens with zero attached hydrogens (tertiary/aromatic N) is 2. The van der Waals surface area contributed by atoms with Crippen molar-refractivity contribution in [3.8, 4) is 0 Å². The molecular weight excluding hydrogens is 318 g/mol. The van der Waals surface area contributed by atoms with Crippen molar-refractivity contribution in [2.75, 3.05) is 18.4 Å². The minimum absolute atomic E-state index is 0.489. The van der Waals surface area contributed by atoms with Crippen molar-refractivity contribution in [3.05, 3.63) is 71.5 Å². The van der Waals surface area contributed by atoms with Gasteiger partial charge < -0.3 is 5.32 Å². The van der Waals surface area contributed by atoms with E-state index in [-0.39, 0.29) is 0 Å². The van der Waals surface area contributed by atoms with E-state index in [0.717, 1.165) is 31.1 Å². The topological polar surface area (TPSA) is 28.2 Å². The SMILES string of the molecule is Clc1cccc(CN2CC[C@@H](Nc3ccc4cnccc4c3)C2)c1. The molecule has 0 aliphatic carbocycles. The van der Waals surface area contributed by atoms with Crippen molar-refractivity contribution >= 4 is 28.1 Å². The van der Waals surface area contributed by atoms with Gasteiger partial charge in [-0.1, -0.05) is 29.8 Å². The van der Waals surface area contributed by atoms with Crippen molar-refractivity contribution < 1.29 is 0 Å². The van der Waals surface area contributed by atoms with Crippen LogP contribution < -0.4 is 5.32 Å². The number of likely N-dealkylation sites (tertiary alicyclic amines) is 1. The number of benzene rings is 2. The van der Waals surface area contributed by atoms with Gasteiger partial charge in [-0.15, -0.1) is 0 Å². The molecule has 4 rings (SSSR count). The maximum Gasteiger partial charge on any atom is 0.0409 e. The number of hydrogen-bond donors (Lipinski definition) is 1. The summed E-state index contributed by atoms with van der Waals surface area (Å²) in [6.07, 6.45) is 4.91. The number of pyridine rings is 1. The summed E-state index contributed by atoms with van der Waals surface area (Å²) >= 11 is 6.08. The summed E-state index contributed by atoms with van der Waals surface area (Å²) in [7, 11) is 0. The Labute approximate surface area is 147 Å². The molecule has 0 radical (unpaired) electrons. The first kappa shape index (κ1) is 15.4. The number of rotatable bonds is 4. The third-order valence-electron chi connectivity index (χ3n) is 4.58. The van der Waals surface area contributed by atoms with Crippen LogP contribution >= 0.6 is 11.6 Å². The van der Waals surface area contributed by atoms with E-state index in [2.05, 4.69) is 51.6 Å². The van der Waals surface area contributed by atoms with Gasteiger partial charge in [0.15, 0.2) is 0 Å². The molecule has 0 unspecified atom stereocenters. The van der Waals surface area contributed by atoms with Crippen LogP contribution in [0.25, 0.3) is 10.8 Å². The minimum atomic E-state index is 0.489. The molecule has 1 aromatic heterocycles. The second kappa shape index (κ2) is 6.80. The maximum absolute atomic E-state index is 6.08. The predicted molar refractivity (Wildman–Crippen MR) is 100 cm³/mol. The highest BCUT2D eigenvalue weighted by Crippen LogP contribution is 2.22. The fraction of sp³-hybridized carbons (Fsp3) is 0.250. The Hall–Kier alpha value is -2.10. The lowest BCUT2D eigenvalue weighted by Gasteiger charge is -2.18. The molecule has 3 nitrogen and oxygen atoms in total. The standard InChI is InChI=1S/C20H20ClN3/c21-18-3-1-2-15(10-18)13-24-9-7-20(14-24)23-19-5-4-17-12-22-8-6-16(17)11-19/h1-6,8,10-12,20,23H,7,9,13-14H2/t20-/m1/s1. The molecule has 3 aromatic rings. The average Bonchev–Trinajstić information content (AvgIpc) is 3.02. The Kier molecular flexibility index (Phi) is 4.37. The molecule has 1 fully saturated rings. The Balaban J connectivity index is 1.39. The highest BCUT2D eigenvalue weighted by Gasteiger charge is 2.22. The zero-order chi connectivity index (χ0) is 16.4. The van der Waals surface area contributed by atoms with Crippen LogP contribution in [0.3, 0.4) is 0 Å². The van der Waals surface area contributed by atoms with E-state index in [1.165, 1.54) is 22.0 Å². The summed E-state index contributed by atoms with van der Waals surface area (Å²) in [4.78, 5) is 6.65. The number of fused-ring (bicyclic) bond motifs is 1. The van der Waals surface area contributed by atoms with E-state index in [0.29, 0.717) is 6.04 Å². The maximum atomic E-state index is 6.08. The second-order valence-electron chi connectivity index (χ2n) is 6.43. The molecule has 2 aromatic carbocycles. The number of anilines is 1. The second-order valence-corrected chi connectivity index (χ2v) is 6.87. The zero-order valence-electron chi connectivity index (χ0n) is 13.5. The first-order chi connectivity index (χ1) is 11.8. The first-order valence-electron chi connectivity index (χ1n) is 8.33. The van der Waals surface area contributed by atoms with Crippen LogP contribution in [0.1, 0.15) is 12.0 Å². The highest BCUT2D eigenvalue weighted by atomic mass is 35.5. The van der Waals surface area contributed by atoms with Gasteiger partial charge in [0.2, 0.25) is 0 Å². The summed E-state index contributed by atoms with van der Waals surface area (Å²) in [6, 6.07) is 17.2. The quantitative estimate of drug-likeness (QED) is 0.755. The molecular formula is C20H20ClN3. The van der Waals surface area contributed by atoms with Gasteiger partial charge in [-0.25, -0.2) is 0 Å². The molecule has 1 N–H and O–H groups in total. The van der Waals surface area contributed by atoms with Crippen molar-refractivity contribution in [1.82, 2.24) is 9.88 Å². The summed E-state index contributed by atoms with van der Waals surface area (Å²) in [6.45, 7) is 3.13. The zero-order valence-corrected chi connectivity index (χ0v) is 14.2. The molecule has 1 aliphatic heterocycles. The Morgan fingerprint density at radius 1 is 1.12 bits per heavy atom. The van der Waals surface area contributed by atoms with Gasteiger partial charge in [0, 0.05) is 54.2 Å². The smallest absolute Gasteiger partial charge is 0.0409 e. The number of halogens is 1. The van der Waals surface area contributed by atoms with Gasteiger partial charge in [-0.2, -0.15) is 0 Å². The highest BCUT2D eigenvalue weighted by molar-refractivity contribution is 6.30. The molecule has 122 valence electrons. The van der Waals surface area contributed by atoms with Gasteiger partial charge in [0.25, 0.3) is 0 Å². The lowest BCUT2D eigenvalue weighted by molar-refractivity contribution is 0.328. The van der Waals surface area contributed by atoms with E-state index >= 15 is 0 Å². The summed E-state index contributed by atoms with van der Waals surface area (Å²) in [5.41, 5.74) is 2.46. The Bertz CT molecular complexity index is 849. The third-order valence-corrected chi connectivity index (χ3v) is 4.81. The summed E-state index contributed by atoms with van der Waals surface area (Å²) in [5.74, 6) is 0. The van der Waals surface area contributed by atoms with E-state index in [1.54, 1.807) is 0 Å². The van der Waals surface area contributed by atoms with Gasteiger partial charge >= 0.3 is 0 Å². The molecule has 0 bridgehead atoms. The van der Waals surface area contributed by atoms with Gasteiger partial charge in [0.05, 0.1) is 0 Å². The Morgan fingerprint density at radius 3 is 3.00 bits per heavy atom. The monoisotopic (exact) mass is 337 g/mol. The predicted octanol–water partition coefficient (Wildman–Crippen LogP) is 4.57. The van der Waals surface area contributed by atoms with Gasteiger partial charge in [-0.3, -0.25) is 9.88 Å². The number of hydrogen-bond acceptors (Lipinski definition) is 3. The molecule has 1 saturated heterocycles. The molecule has 2 heterocycles. The van der Waals surface area contributed by atoms with E-state index in [1.807, 2.05) is 24.5 Å². The fourth-order valence-electron chi connectivity index (χ4n) is 3.40. The van der Waals surface area contributed by atoms with Crippen molar-refractivity contribution in [1.29, 1.82) is 0 Å². The van der Waals surface area contributed by atoms with E-state index in [4.69, 9.17) is 11.6 Å². The van der Waals surface area contributed by atoms with Crippen molar-refractivity contribution in [3.63, 3.8) is 0 Å². The molecule has 0 saturated carbocycles. The molecule has 4 heteroatoms. The van der Waals surface area contributed by atoms with Crippen LogP contribution in [-0.4, -0.2) is 29.0 Å². The van der Waals surface area contributed by atoms with Gasteiger partial charge in [-0.05, 0) is 47.7 Å². The van der Waals surface area contributed by atoms with Crippen LogP contribution in [0.15, 0.2) is 60.9 Å². The van der Waals surface area contributed by atoms with E-state index < -0.39 is 0 Å². The molecule has 24 heavy (non-hydrogen) atoms. The van der Waals surface area contributed by atoms with Crippen molar-refractivity contribution in [2.24, 2.45) is 0 Å². The lowest BCUT2D eigenvalue weighted by Crippen LogP contribution is -2.25. The van der Waals surface area contributed by atoms with Crippen LogP contribution in [-0.2, 0) is 6.54 Å². The Morgan fingerprint density at radius 2 is 2.08 bits per heavy atom. The average molecular weight is 338 g/mol. The normalized spacial score (nSPS) is 18.1.